The Kier molecular flexibility index (Phi) is 1.34. The lowest BCUT2D eigenvalue weighted by atomic mass is 9.90. The molecule has 1 fully saturated rings. The molecular formula is C11H12N2. The van der Waals surface area contributed by atoms with E-state index >= 15 is 0 Å². The molecule has 0 N–H and O–H groups in total. The molecule has 1 aromatic carbocycles. The molecule has 2 bridgehead atoms. The summed E-state index contributed by atoms with van der Waals surface area (Å²) in [6, 6.07) is 11.1. The van der Waals surface area contributed by atoms with Gasteiger partial charge >= 0.3 is 0 Å². The Hall–Kier alpha value is -1.18. The average Bonchev–Trinajstić information content (AvgIpc) is 2.80. The van der Waals surface area contributed by atoms with E-state index in [2.05, 4.69) is 40.6 Å². The predicted octanol–water partition coefficient (Wildman–Crippen LogP) is 2.90. The molecule has 0 amide bonds. The highest BCUT2D eigenvalue weighted by Gasteiger charge is 2.45. The standard InChI is InChI=1S/C11H12N2/c1-2-4-9(5-3-1)11-7-6-10(8-11)12-13-11/h1-5,10H,6-8H2/t10-,11+/m1/s1. The number of hydrogen-bond acceptors (Lipinski definition) is 2. The van der Waals surface area contributed by atoms with Crippen LogP contribution in [-0.4, -0.2) is 6.04 Å². The molecule has 0 saturated heterocycles. The summed E-state index contributed by atoms with van der Waals surface area (Å²) in [6.45, 7) is 0. The lowest BCUT2D eigenvalue weighted by Crippen LogP contribution is -2.16. The SMILES string of the molecule is c1ccc([C@]23CC[C@H](C2)N=N3)cc1. The molecule has 13 heavy (non-hydrogen) atoms. The smallest absolute Gasteiger partial charge is 0.109 e. The molecule has 0 radical (unpaired) electrons. The van der Waals surface area contributed by atoms with Crippen molar-refractivity contribution < 1.29 is 0 Å². The maximum absolute atomic E-state index is 4.43. The minimum absolute atomic E-state index is 0.0614. The van der Waals surface area contributed by atoms with Gasteiger partial charge in [0.25, 0.3) is 0 Å². The second-order valence-electron chi connectivity index (χ2n) is 4.01. The van der Waals surface area contributed by atoms with Gasteiger partial charge < -0.3 is 0 Å². The summed E-state index contributed by atoms with van der Waals surface area (Å²) in [5.41, 5.74) is 1.41. The van der Waals surface area contributed by atoms with E-state index in [0.717, 1.165) is 6.42 Å². The van der Waals surface area contributed by atoms with Crippen LogP contribution in [0, 0.1) is 0 Å². The molecule has 1 aliphatic carbocycles. The van der Waals surface area contributed by atoms with E-state index in [1.165, 1.54) is 18.4 Å². The van der Waals surface area contributed by atoms with E-state index < -0.39 is 0 Å². The van der Waals surface area contributed by atoms with Crippen molar-refractivity contribution in [2.75, 3.05) is 0 Å². The first-order valence-electron chi connectivity index (χ1n) is 4.87. The zero-order valence-corrected chi connectivity index (χ0v) is 7.48. The van der Waals surface area contributed by atoms with Crippen molar-refractivity contribution in [1.29, 1.82) is 0 Å². The zero-order chi connectivity index (χ0) is 8.73. The van der Waals surface area contributed by atoms with Crippen LogP contribution in [0.5, 0.6) is 0 Å². The molecule has 2 heteroatoms. The predicted molar refractivity (Wildman–Crippen MR) is 50.6 cm³/mol. The van der Waals surface area contributed by atoms with Gasteiger partial charge in [-0.2, -0.15) is 10.2 Å². The number of rotatable bonds is 1. The monoisotopic (exact) mass is 172 g/mol. The lowest BCUT2D eigenvalue weighted by Gasteiger charge is -2.20. The maximum atomic E-state index is 4.43. The van der Waals surface area contributed by atoms with Gasteiger partial charge in [0.15, 0.2) is 0 Å². The van der Waals surface area contributed by atoms with Gasteiger partial charge in [-0.3, -0.25) is 0 Å². The largest absolute Gasteiger partial charge is 0.190 e. The molecular weight excluding hydrogens is 160 g/mol. The molecule has 2 nitrogen and oxygen atoms in total. The highest BCUT2D eigenvalue weighted by Crippen LogP contribution is 2.48. The van der Waals surface area contributed by atoms with E-state index in [-0.39, 0.29) is 5.54 Å². The van der Waals surface area contributed by atoms with Crippen molar-refractivity contribution in [2.45, 2.75) is 30.8 Å². The van der Waals surface area contributed by atoms with Gasteiger partial charge in [-0.25, -0.2) is 0 Å². The van der Waals surface area contributed by atoms with Gasteiger partial charge in [-0.1, -0.05) is 30.3 Å². The van der Waals surface area contributed by atoms with Crippen molar-refractivity contribution in [3.8, 4) is 0 Å². The fourth-order valence-electron chi connectivity index (χ4n) is 2.45. The van der Waals surface area contributed by atoms with Crippen LogP contribution in [0.4, 0.5) is 0 Å². The third-order valence-electron chi connectivity index (χ3n) is 3.19. The summed E-state index contributed by atoms with van der Waals surface area (Å²) in [5.74, 6) is 0. The Morgan fingerprint density at radius 3 is 2.62 bits per heavy atom. The van der Waals surface area contributed by atoms with E-state index in [4.69, 9.17) is 0 Å². The van der Waals surface area contributed by atoms with E-state index in [1.54, 1.807) is 0 Å². The zero-order valence-electron chi connectivity index (χ0n) is 7.48. The Labute approximate surface area is 77.7 Å². The number of azo groups is 1. The Balaban J connectivity index is 2.06. The van der Waals surface area contributed by atoms with Crippen molar-refractivity contribution in [3.05, 3.63) is 35.9 Å². The van der Waals surface area contributed by atoms with Crippen molar-refractivity contribution >= 4 is 0 Å². The summed E-state index contributed by atoms with van der Waals surface area (Å²) < 4.78 is 0. The van der Waals surface area contributed by atoms with Crippen LogP contribution < -0.4 is 0 Å². The quantitative estimate of drug-likeness (QED) is 0.622. The molecule has 1 aromatic rings. The van der Waals surface area contributed by atoms with Gasteiger partial charge in [0.05, 0.1) is 6.04 Å². The van der Waals surface area contributed by atoms with Gasteiger partial charge in [0.2, 0.25) is 0 Å². The Morgan fingerprint density at radius 1 is 1.23 bits per heavy atom. The Morgan fingerprint density at radius 2 is 2.08 bits per heavy atom. The van der Waals surface area contributed by atoms with Crippen LogP contribution in [0.2, 0.25) is 0 Å². The topological polar surface area (TPSA) is 24.7 Å². The van der Waals surface area contributed by atoms with E-state index in [9.17, 15) is 0 Å². The normalized spacial score (nSPS) is 35.5. The molecule has 2 atom stereocenters. The first-order valence-corrected chi connectivity index (χ1v) is 4.87. The number of nitrogens with zero attached hydrogens (tertiary/aromatic N) is 2. The van der Waals surface area contributed by atoms with Crippen molar-refractivity contribution in [2.24, 2.45) is 10.2 Å². The summed E-state index contributed by atoms with van der Waals surface area (Å²) in [7, 11) is 0. The average molecular weight is 172 g/mol. The van der Waals surface area contributed by atoms with Crippen LogP contribution in [0.1, 0.15) is 24.8 Å². The first-order chi connectivity index (χ1) is 6.39. The molecule has 2 aliphatic rings. The molecule has 66 valence electrons. The summed E-state index contributed by atoms with van der Waals surface area (Å²) in [4.78, 5) is 0. The molecule has 3 rings (SSSR count). The van der Waals surface area contributed by atoms with Crippen LogP contribution in [0.25, 0.3) is 0 Å². The van der Waals surface area contributed by atoms with Gasteiger partial charge in [-0.05, 0) is 18.4 Å². The van der Waals surface area contributed by atoms with Crippen LogP contribution in [0.3, 0.4) is 0 Å². The minimum Gasteiger partial charge on any atom is -0.190 e. The van der Waals surface area contributed by atoms with E-state index in [1.807, 2.05) is 0 Å². The minimum atomic E-state index is 0.0614. The lowest BCUT2D eigenvalue weighted by molar-refractivity contribution is 0.463. The van der Waals surface area contributed by atoms with Crippen LogP contribution in [-0.2, 0) is 5.54 Å². The third-order valence-corrected chi connectivity index (χ3v) is 3.19. The second-order valence-corrected chi connectivity index (χ2v) is 4.01. The van der Waals surface area contributed by atoms with Crippen LogP contribution in [0.15, 0.2) is 40.6 Å². The number of hydrogen-bond donors (Lipinski definition) is 0. The third kappa shape index (κ3) is 0.947. The highest BCUT2D eigenvalue weighted by molar-refractivity contribution is 5.27. The fourth-order valence-corrected chi connectivity index (χ4v) is 2.45. The number of fused-ring (bicyclic) bond motifs is 2. The van der Waals surface area contributed by atoms with Gasteiger partial charge in [0, 0.05) is 6.42 Å². The van der Waals surface area contributed by atoms with Crippen molar-refractivity contribution in [3.63, 3.8) is 0 Å². The van der Waals surface area contributed by atoms with E-state index in [0.29, 0.717) is 6.04 Å². The molecule has 1 heterocycles. The van der Waals surface area contributed by atoms with Gasteiger partial charge in [-0.15, -0.1) is 0 Å². The van der Waals surface area contributed by atoms with Crippen molar-refractivity contribution in [1.82, 2.24) is 0 Å². The number of benzene rings is 1. The van der Waals surface area contributed by atoms with Gasteiger partial charge in [0.1, 0.15) is 5.54 Å². The molecule has 0 spiro atoms. The Bertz CT molecular complexity index is 344. The maximum Gasteiger partial charge on any atom is 0.109 e. The molecule has 0 aromatic heterocycles. The summed E-state index contributed by atoms with van der Waals surface area (Å²) in [5, 5.41) is 8.71. The first kappa shape index (κ1) is 7.25. The fraction of sp³-hybridized carbons (Fsp3) is 0.455. The molecule has 1 saturated carbocycles. The summed E-state index contributed by atoms with van der Waals surface area (Å²) >= 11 is 0. The highest BCUT2D eigenvalue weighted by atomic mass is 15.2. The second kappa shape index (κ2) is 2.41. The molecule has 0 unspecified atom stereocenters. The van der Waals surface area contributed by atoms with Crippen LogP contribution >= 0.6 is 0 Å². The molecule has 1 aliphatic heterocycles. The summed E-state index contributed by atoms with van der Waals surface area (Å²) in [6.07, 6.45) is 3.54.